The normalized spacial score (nSPS) is 15.0. The summed E-state index contributed by atoms with van der Waals surface area (Å²) in [5, 5.41) is 3.21. The van der Waals surface area contributed by atoms with Gasteiger partial charge in [0.2, 0.25) is 21.8 Å². The maximum atomic E-state index is 13.7. The molecule has 0 bridgehead atoms. The fraction of sp³-hybridized carbons (Fsp3) is 0.548. The van der Waals surface area contributed by atoms with Crippen LogP contribution in [0.4, 0.5) is 5.69 Å². The second-order valence-corrected chi connectivity index (χ2v) is 12.9. The average molecular weight is 556 g/mol. The van der Waals surface area contributed by atoms with E-state index in [2.05, 4.69) is 5.32 Å². The first-order valence-electron chi connectivity index (χ1n) is 14.2. The number of benzene rings is 2. The minimum absolute atomic E-state index is 0.0988. The number of amides is 2. The van der Waals surface area contributed by atoms with Gasteiger partial charge in [0.15, 0.2) is 0 Å². The van der Waals surface area contributed by atoms with Crippen LogP contribution in [0.25, 0.3) is 0 Å². The van der Waals surface area contributed by atoms with Crippen molar-refractivity contribution in [1.82, 2.24) is 10.2 Å². The Labute approximate surface area is 235 Å². The summed E-state index contributed by atoms with van der Waals surface area (Å²) in [6, 6.07) is 13.2. The van der Waals surface area contributed by atoms with Crippen LogP contribution < -0.4 is 9.62 Å². The second kappa shape index (κ2) is 14.0. The van der Waals surface area contributed by atoms with Crippen molar-refractivity contribution < 1.29 is 18.0 Å². The molecule has 2 aromatic rings. The molecule has 2 amide bonds. The van der Waals surface area contributed by atoms with Crippen molar-refractivity contribution in [2.45, 2.75) is 97.7 Å². The van der Waals surface area contributed by atoms with Gasteiger partial charge in [-0.3, -0.25) is 13.9 Å². The number of nitrogens with one attached hydrogen (secondary N) is 1. The van der Waals surface area contributed by atoms with Crippen LogP contribution in [0, 0.1) is 20.8 Å². The lowest BCUT2D eigenvalue weighted by Gasteiger charge is -2.33. The quantitative estimate of drug-likeness (QED) is 0.379. The number of rotatable bonds is 12. The molecule has 0 unspecified atom stereocenters. The zero-order valence-corrected chi connectivity index (χ0v) is 25.0. The Morgan fingerprint density at radius 2 is 1.72 bits per heavy atom. The number of carbonyl (C=O) groups excluding carboxylic acids is 2. The van der Waals surface area contributed by atoms with Gasteiger partial charge in [-0.05, 0) is 75.3 Å². The number of sulfonamides is 1. The predicted octanol–water partition coefficient (Wildman–Crippen LogP) is 5.41. The Morgan fingerprint density at radius 1 is 1.00 bits per heavy atom. The van der Waals surface area contributed by atoms with Crippen LogP contribution in [0.3, 0.4) is 0 Å². The van der Waals surface area contributed by atoms with Gasteiger partial charge < -0.3 is 10.2 Å². The number of carbonyl (C=O) groups is 2. The van der Waals surface area contributed by atoms with Gasteiger partial charge in [0.25, 0.3) is 0 Å². The van der Waals surface area contributed by atoms with Crippen LogP contribution >= 0.6 is 0 Å². The molecule has 214 valence electrons. The Hall–Kier alpha value is -2.87. The van der Waals surface area contributed by atoms with Gasteiger partial charge in [-0.1, -0.05) is 62.1 Å². The topological polar surface area (TPSA) is 86.8 Å². The first-order chi connectivity index (χ1) is 18.5. The Kier molecular flexibility index (Phi) is 11.0. The summed E-state index contributed by atoms with van der Waals surface area (Å²) in [5.74, 6) is -0.242. The van der Waals surface area contributed by atoms with E-state index in [1.807, 2.05) is 64.1 Å². The van der Waals surface area contributed by atoms with E-state index in [1.54, 1.807) is 11.0 Å². The number of hydrogen-bond acceptors (Lipinski definition) is 4. The minimum atomic E-state index is -3.53. The van der Waals surface area contributed by atoms with E-state index in [4.69, 9.17) is 0 Å². The fourth-order valence-corrected chi connectivity index (χ4v) is 6.31. The molecule has 0 aliphatic heterocycles. The molecule has 3 rings (SSSR count). The molecule has 8 heteroatoms. The van der Waals surface area contributed by atoms with Gasteiger partial charge in [-0.15, -0.1) is 0 Å². The molecule has 1 saturated carbocycles. The molecule has 0 spiro atoms. The lowest BCUT2D eigenvalue weighted by molar-refractivity contribution is -0.141. The van der Waals surface area contributed by atoms with Gasteiger partial charge in [0.05, 0.1) is 11.9 Å². The van der Waals surface area contributed by atoms with Gasteiger partial charge in [0.1, 0.15) is 6.04 Å². The third-order valence-electron chi connectivity index (χ3n) is 7.70. The van der Waals surface area contributed by atoms with E-state index < -0.39 is 16.1 Å². The van der Waals surface area contributed by atoms with Crippen molar-refractivity contribution in [1.29, 1.82) is 0 Å². The van der Waals surface area contributed by atoms with E-state index in [0.717, 1.165) is 47.9 Å². The maximum absolute atomic E-state index is 13.7. The molecular weight excluding hydrogens is 510 g/mol. The zero-order valence-electron chi connectivity index (χ0n) is 24.2. The van der Waals surface area contributed by atoms with Crippen LogP contribution in [0.2, 0.25) is 0 Å². The van der Waals surface area contributed by atoms with Gasteiger partial charge in [-0.2, -0.15) is 0 Å². The zero-order chi connectivity index (χ0) is 28.6. The van der Waals surface area contributed by atoms with Crippen molar-refractivity contribution in [2.75, 3.05) is 17.1 Å². The smallest absolute Gasteiger partial charge is 0.243 e. The molecule has 0 aromatic heterocycles. The Balaban J connectivity index is 1.76. The summed E-state index contributed by atoms with van der Waals surface area (Å²) >= 11 is 0. The van der Waals surface area contributed by atoms with Crippen molar-refractivity contribution in [3.63, 3.8) is 0 Å². The number of hydrogen-bond donors (Lipinski definition) is 1. The lowest BCUT2D eigenvalue weighted by Crippen LogP contribution is -2.51. The maximum Gasteiger partial charge on any atom is 0.243 e. The van der Waals surface area contributed by atoms with E-state index in [9.17, 15) is 18.0 Å². The summed E-state index contributed by atoms with van der Waals surface area (Å²) in [7, 11) is -3.53. The second-order valence-electron chi connectivity index (χ2n) is 11.0. The Bertz CT molecular complexity index is 1240. The van der Waals surface area contributed by atoms with E-state index >= 15 is 0 Å². The Morgan fingerprint density at radius 3 is 2.33 bits per heavy atom. The first kappa shape index (κ1) is 30.7. The summed E-state index contributed by atoms with van der Waals surface area (Å²) in [4.78, 5) is 28.8. The molecule has 1 atom stereocenters. The van der Waals surface area contributed by atoms with Gasteiger partial charge >= 0.3 is 0 Å². The third-order valence-corrected chi connectivity index (χ3v) is 8.90. The number of nitrogens with zero attached hydrogens (tertiary/aromatic N) is 2. The van der Waals surface area contributed by atoms with E-state index in [1.165, 1.54) is 17.0 Å². The van der Waals surface area contributed by atoms with E-state index in [0.29, 0.717) is 25.1 Å². The van der Waals surface area contributed by atoms with Gasteiger partial charge in [-0.25, -0.2) is 8.42 Å². The summed E-state index contributed by atoms with van der Waals surface area (Å²) < 4.78 is 26.6. The van der Waals surface area contributed by atoms with Crippen LogP contribution in [0.15, 0.2) is 42.5 Å². The highest BCUT2D eigenvalue weighted by molar-refractivity contribution is 7.92. The fourth-order valence-electron chi connectivity index (χ4n) is 5.36. The van der Waals surface area contributed by atoms with Crippen LogP contribution in [0.5, 0.6) is 0 Å². The molecular formula is C31H45N3O4S. The molecule has 1 aliphatic rings. The van der Waals surface area contributed by atoms with Crippen LogP contribution in [-0.2, 0) is 26.2 Å². The summed E-state index contributed by atoms with van der Waals surface area (Å²) in [6.07, 6.45) is 7.59. The highest BCUT2D eigenvalue weighted by Gasteiger charge is 2.30. The lowest BCUT2D eigenvalue weighted by atomic mass is 9.95. The molecule has 0 radical (unpaired) electrons. The number of aryl methyl sites for hydroxylation is 3. The third kappa shape index (κ3) is 8.82. The van der Waals surface area contributed by atoms with Crippen molar-refractivity contribution in [2.24, 2.45) is 0 Å². The monoisotopic (exact) mass is 555 g/mol. The van der Waals surface area contributed by atoms with Crippen LogP contribution in [0.1, 0.15) is 80.5 Å². The van der Waals surface area contributed by atoms with E-state index in [-0.39, 0.29) is 30.8 Å². The first-order valence-corrected chi connectivity index (χ1v) is 16.0. The summed E-state index contributed by atoms with van der Waals surface area (Å²) in [6.45, 7) is 8.41. The van der Waals surface area contributed by atoms with Gasteiger partial charge in [0, 0.05) is 25.6 Å². The largest absolute Gasteiger partial charge is 0.352 e. The standard InChI is InChI=1S/C31H45N3O4S/c1-6-29(31(36)32-27-14-8-7-9-15-27)33(22-26-13-10-12-23(2)20-26)30(35)16-11-19-34(39(5,37)38)28-18-17-24(3)25(4)21-28/h10,12-13,17-18,20-21,27,29H,6-9,11,14-16,19,22H2,1-5H3,(H,32,36)/t29-/m1/s1. The SMILES string of the molecule is CC[C@H](C(=O)NC1CCCCC1)N(Cc1cccc(C)c1)C(=O)CCCN(c1ccc(C)c(C)c1)S(C)(=O)=O. The molecule has 1 N–H and O–H groups in total. The molecule has 0 saturated heterocycles. The van der Waals surface area contributed by atoms with Crippen molar-refractivity contribution in [3.8, 4) is 0 Å². The predicted molar refractivity (Wildman–Crippen MR) is 158 cm³/mol. The molecule has 0 heterocycles. The molecule has 1 fully saturated rings. The average Bonchev–Trinajstić information content (AvgIpc) is 2.88. The van der Waals surface area contributed by atoms with Crippen molar-refractivity contribution in [3.05, 3.63) is 64.7 Å². The minimum Gasteiger partial charge on any atom is -0.352 e. The highest BCUT2D eigenvalue weighted by atomic mass is 32.2. The van der Waals surface area contributed by atoms with Crippen molar-refractivity contribution >= 4 is 27.5 Å². The van der Waals surface area contributed by atoms with Crippen LogP contribution in [-0.4, -0.2) is 50.0 Å². The molecule has 39 heavy (non-hydrogen) atoms. The molecule has 1 aliphatic carbocycles. The molecule has 2 aromatic carbocycles. The highest BCUT2D eigenvalue weighted by Crippen LogP contribution is 2.23. The molecule has 7 nitrogen and oxygen atoms in total. The summed E-state index contributed by atoms with van der Waals surface area (Å²) in [5.41, 5.74) is 4.77. The number of anilines is 1.